The predicted molar refractivity (Wildman–Crippen MR) is 142 cm³/mol. The molecular formula is C26H31N7S. The van der Waals surface area contributed by atoms with Crippen LogP contribution < -0.4 is 10.2 Å². The van der Waals surface area contributed by atoms with Crippen LogP contribution in [-0.2, 0) is 6.54 Å². The molecule has 0 bridgehead atoms. The summed E-state index contributed by atoms with van der Waals surface area (Å²) in [4.78, 5) is 22.0. The van der Waals surface area contributed by atoms with Crippen molar-refractivity contribution in [2.45, 2.75) is 19.9 Å². The molecular weight excluding hydrogens is 442 g/mol. The maximum atomic E-state index is 4.86. The summed E-state index contributed by atoms with van der Waals surface area (Å²) in [6.07, 6.45) is 3.09. The van der Waals surface area contributed by atoms with Gasteiger partial charge in [0.25, 0.3) is 0 Å². The average molecular weight is 474 g/mol. The molecule has 1 aliphatic rings. The van der Waals surface area contributed by atoms with Gasteiger partial charge in [-0.3, -0.25) is 4.90 Å². The number of pyridine rings is 2. The van der Waals surface area contributed by atoms with Crippen molar-refractivity contribution in [1.82, 2.24) is 24.8 Å². The second kappa shape index (κ2) is 10.0. The van der Waals surface area contributed by atoms with Crippen LogP contribution in [-0.4, -0.2) is 65.0 Å². The molecule has 1 fully saturated rings. The number of nitrogens with zero attached hydrogens (tertiary/aromatic N) is 6. The standard InChI is InChI=1S/C26H31N7S/c1-19-5-7-21(8-6-19)32(3)24-10-9-22-25(30-24)34-26(28-22)29-23-17-20(11-12-27-23)18-33-14-4-13-31(2)15-16-33/h5-12,17H,4,13-16,18H2,1-3H3,(H,27,28,29). The summed E-state index contributed by atoms with van der Waals surface area (Å²) >= 11 is 1.55. The van der Waals surface area contributed by atoms with E-state index in [0.717, 1.165) is 59.0 Å². The fraction of sp³-hybridized carbons (Fsp3) is 0.346. The van der Waals surface area contributed by atoms with E-state index in [4.69, 9.17) is 9.97 Å². The zero-order valence-electron chi connectivity index (χ0n) is 20.0. The quantitative estimate of drug-likeness (QED) is 0.421. The molecule has 1 N–H and O–H groups in total. The number of hydrogen-bond acceptors (Lipinski definition) is 8. The molecule has 1 saturated heterocycles. The van der Waals surface area contributed by atoms with E-state index in [1.54, 1.807) is 11.3 Å². The molecule has 3 aromatic heterocycles. The van der Waals surface area contributed by atoms with Crippen LogP contribution in [0.15, 0.2) is 54.7 Å². The Morgan fingerprint density at radius 2 is 1.85 bits per heavy atom. The molecule has 0 spiro atoms. The summed E-state index contributed by atoms with van der Waals surface area (Å²) in [5.74, 6) is 1.72. The number of likely N-dealkylation sites (N-methyl/N-ethyl adjacent to an activating group) is 1. The van der Waals surface area contributed by atoms with Gasteiger partial charge in [0.2, 0.25) is 0 Å². The fourth-order valence-corrected chi connectivity index (χ4v) is 5.06. The number of rotatable bonds is 6. The fourth-order valence-electron chi connectivity index (χ4n) is 4.22. The summed E-state index contributed by atoms with van der Waals surface area (Å²) in [7, 11) is 4.24. The molecule has 1 aromatic carbocycles. The second-order valence-corrected chi connectivity index (χ2v) is 9.99. The van der Waals surface area contributed by atoms with E-state index >= 15 is 0 Å². The first-order valence-electron chi connectivity index (χ1n) is 11.7. The van der Waals surface area contributed by atoms with E-state index in [-0.39, 0.29) is 0 Å². The van der Waals surface area contributed by atoms with Gasteiger partial charge in [-0.05, 0) is 75.4 Å². The predicted octanol–water partition coefficient (Wildman–Crippen LogP) is 5.04. The van der Waals surface area contributed by atoms with Crippen molar-refractivity contribution in [3.8, 4) is 0 Å². The molecule has 0 radical (unpaired) electrons. The van der Waals surface area contributed by atoms with Gasteiger partial charge in [0.05, 0.1) is 0 Å². The van der Waals surface area contributed by atoms with Crippen molar-refractivity contribution in [1.29, 1.82) is 0 Å². The normalized spacial score (nSPS) is 15.4. The third-order valence-electron chi connectivity index (χ3n) is 6.28. The van der Waals surface area contributed by atoms with Gasteiger partial charge in [0, 0.05) is 38.6 Å². The Kier molecular flexibility index (Phi) is 6.71. The minimum Gasteiger partial charge on any atom is -0.329 e. The first kappa shape index (κ1) is 22.7. The molecule has 176 valence electrons. The Hall–Kier alpha value is -3.07. The third-order valence-corrected chi connectivity index (χ3v) is 7.16. The topological polar surface area (TPSA) is 60.4 Å². The molecule has 4 heterocycles. The van der Waals surface area contributed by atoms with Crippen molar-refractivity contribution in [3.63, 3.8) is 0 Å². The maximum Gasteiger partial charge on any atom is 0.190 e. The van der Waals surface area contributed by atoms with E-state index in [2.05, 4.69) is 75.4 Å². The molecule has 0 aliphatic carbocycles. The number of fused-ring (bicyclic) bond motifs is 1. The number of anilines is 4. The lowest BCUT2D eigenvalue weighted by molar-refractivity contribution is 0.269. The van der Waals surface area contributed by atoms with Crippen molar-refractivity contribution in [2.24, 2.45) is 0 Å². The van der Waals surface area contributed by atoms with Crippen molar-refractivity contribution < 1.29 is 0 Å². The lowest BCUT2D eigenvalue weighted by Gasteiger charge is -2.20. The number of aromatic nitrogens is 3. The van der Waals surface area contributed by atoms with Gasteiger partial charge in [0.15, 0.2) is 5.13 Å². The number of hydrogen-bond donors (Lipinski definition) is 1. The number of nitrogens with one attached hydrogen (secondary N) is 1. The molecule has 7 nitrogen and oxygen atoms in total. The summed E-state index contributed by atoms with van der Waals surface area (Å²) < 4.78 is 0. The zero-order valence-corrected chi connectivity index (χ0v) is 20.8. The van der Waals surface area contributed by atoms with Crippen LogP contribution in [0.1, 0.15) is 17.5 Å². The van der Waals surface area contributed by atoms with Crippen LogP contribution in [0, 0.1) is 6.92 Å². The SMILES string of the molecule is Cc1ccc(N(C)c2ccc3nc(Nc4cc(CN5CCCN(C)CC5)ccn4)sc3n2)cc1. The summed E-state index contributed by atoms with van der Waals surface area (Å²) in [6, 6.07) is 16.7. The smallest absolute Gasteiger partial charge is 0.190 e. The van der Waals surface area contributed by atoms with Gasteiger partial charge in [-0.2, -0.15) is 0 Å². The van der Waals surface area contributed by atoms with Gasteiger partial charge >= 0.3 is 0 Å². The second-order valence-electron chi connectivity index (χ2n) is 9.01. The van der Waals surface area contributed by atoms with Crippen LogP contribution >= 0.6 is 11.3 Å². The molecule has 5 rings (SSSR count). The molecule has 34 heavy (non-hydrogen) atoms. The zero-order chi connectivity index (χ0) is 23.5. The van der Waals surface area contributed by atoms with E-state index in [9.17, 15) is 0 Å². The minimum absolute atomic E-state index is 0.804. The first-order valence-corrected chi connectivity index (χ1v) is 12.6. The van der Waals surface area contributed by atoms with Crippen molar-refractivity contribution in [3.05, 3.63) is 65.9 Å². The van der Waals surface area contributed by atoms with E-state index in [0.29, 0.717) is 0 Å². The Morgan fingerprint density at radius 3 is 2.71 bits per heavy atom. The Balaban J connectivity index is 1.29. The molecule has 0 amide bonds. The lowest BCUT2D eigenvalue weighted by atomic mass is 10.2. The van der Waals surface area contributed by atoms with Gasteiger partial charge in [-0.15, -0.1) is 0 Å². The number of benzene rings is 1. The van der Waals surface area contributed by atoms with Crippen LogP contribution in [0.4, 0.5) is 22.5 Å². The monoisotopic (exact) mass is 473 g/mol. The third kappa shape index (κ3) is 5.35. The summed E-state index contributed by atoms with van der Waals surface area (Å²) in [5, 5.41) is 4.20. The van der Waals surface area contributed by atoms with Crippen LogP contribution in [0.3, 0.4) is 0 Å². The van der Waals surface area contributed by atoms with Gasteiger partial charge in [0.1, 0.15) is 22.0 Å². The Bertz CT molecular complexity index is 1250. The summed E-state index contributed by atoms with van der Waals surface area (Å²) in [5.41, 5.74) is 4.51. The molecule has 8 heteroatoms. The highest BCUT2D eigenvalue weighted by molar-refractivity contribution is 7.21. The van der Waals surface area contributed by atoms with Crippen LogP contribution in [0.25, 0.3) is 10.3 Å². The van der Waals surface area contributed by atoms with E-state index in [1.165, 1.54) is 24.1 Å². The lowest BCUT2D eigenvalue weighted by Crippen LogP contribution is -2.28. The number of thiazole rings is 1. The number of aryl methyl sites for hydroxylation is 1. The van der Waals surface area contributed by atoms with Crippen LogP contribution in [0.2, 0.25) is 0 Å². The largest absolute Gasteiger partial charge is 0.329 e. The molecule has 1 aliphatic heterocycles. The first-order chi connectivity index (χ1) is 16.5. The molecule has 4 aromatic rings. The van der Waals surface area contributed by atoms with Gasteiger partial charge < -0.3 is 15.1 Å². The molecule has 0 atom stereocenters. The molecule has 0 saturated carbocycles. The Morgan fingerprint density at radius 1 is 1.00 bits per heavy atom. The van der Waals surface area contributed by atoms with Gasteiger partial charge in [-0.25, -0.2) is 15.0 Å². The van der Waals surface area contributed by atoms with Crippen molar-refractivity contribution >= 4 is 44.1 Å². The van der Waals surface area contributed by atoms with E-state index in [1.807, 2.05) is 25.4 Å². The summed E-state index contributed by atoms with van der Waals surface area (Å²) in [6.45, 7) is 7.58. The maximum absolute atomic E-state index is 4.86. The average Bonchev–Trinajstić information content (AvgIpc) is 3.12. The molecule has 0 unspecified atom stereocenters. The van der Waals surface area contributed by atoms with E-state index < -0.39 is 0 Å². The minimum atomic E-state index is 0.804. The Labute approximate surface area is 205 Å². The van der Waals surface area contributed by atoms with Crippen LogP contribution in [0.5, 0.6) is 0 Å². The van der Waals surface area contributed by atoms with Crippen molar-refractivity contribution in [2.75, 3.05) is 50.5 Å². The highest BCUT2D eigenvalue weighted by Crippen LogP contribution is 2.30. The highest BCUT2D eigenvalue weighted by Gasteiger charge is 2.14. The van der Waals surface area contributed by atoms with Gasteiger partial charge in [-0.1, -0.05) is 29.0 Å². The highest BCUT2D eigenvalue weighted by atomic mass is 32.1.